The van der Waals surface area contributed by atoms with Gasteiger partial charge in [-0.1, -0.05) is 201 Å². The topological polar surface area (TPSA) is 52.0 Å². The zero-order chi connectivity index (χ0) is 45.3. The van der Waals surface area contributed by atoms with Gasteiger partial charge in [-0.3, -0.25) is 0 Å². The first-order valence-electron chi connectivity index (χ1n) is 23.0. The average Bonchev–Trinajstić information content (AvgIpc) is 3.79. The fourth-order valence-corrected chi connectivity index (χ4v) is 10.7. The molecule has 0 aliphatic carbocycles. The van der Waals surface area contributed by atoms with Gasteiger partial charge in [0.15, 0.2) is 0 Å². The number of rotatable bonds is 7. The molecule has 0 aliphatic rings. The maximum absolute atomic E-state index is 6.40. The van der Waals surface area contributed by atoms with Crippen LogP contribution in [-0.4, -0.2) is 0 Å². The second kappa shape index (κ2) is 18.0. The predicted molar refractivity (Wildman–Crippen MR) is 292 cm³/mol. The quantitative estimate of drug-likeness (QED) is 0.0952. The molecule has 0 aliphatic heterocycles. The fraction of sp³-hybridized carbons (Fsp3) is 0.0312. The van der Waals surface area contributed by atoms with Crippen molar-refractivity contribution in [3.63, 3.8) is 0 Å². The van der Waals surface area contributed by atoms with E-state index in [2.05, 4.69) is 231 Å². The molecule has 0 bridgehead atoms. The summed E-state index contributed by atoms with van der Waals surface area (Å²) in [6, 6.07) is 84.7. The van der Waals surface area contributed by atoms with Gasteiger partial charge in [0.05, 0.1) is 11.4 Å². The highest BCUT2D eigenvalue weighted by molar-refractivity contribution is 7.26. The number of hydrogen-bond donors (Lipinski definition) is 2. The maximum atomic E-state index is 6.40. The molecule has 1 aromatic heterocycles. The van der Waals surface area contributed by atoms with Crippen molar-refractivity contribution in [1.29, 1.82) is 0 Å². The number of fused-ring (bicyclic) bond motifs is 6. The molecule has 0 fully saturated rings. The predicted octanol–water partition coefficient (Wildman–Crippen LogP) is 17.8. The number of benzene rings is 11. The molecule has 12 rings (SSSR count). The third-order valence-electron chi connectivity index (χ3n) is 13.0. The smallest absolute Gasteiger partial charge is 0.0634 e. The molecule has 11 aromatic carbocycles. The van der Waals surface area contributed by atoms with Crippen molar-refractivity contribution in [3.8, 4) is 66.8 Å². The molecule has 0 spiro atoms. The lowest BCUT2D eigenvalue weighted by Gasteiger charge is -2.14. The van der Waals surface area contributed by atoms with Crippen molar-refractivity contribution in [3.05, 3.63) is 242 Å². The Kier molecular flexibility index (Phi) is 11.1. The first-order chi connectivity index (χ1) is 33.0. The molecule has 1 heterocycles. The normalized spacial score (nSPS) is 11.2. The van der Waals surface area contributed by atoms with Crippen LogP contribution in [0.2, 0.25) is 0 Å². The van der Waals surface area contributed by atoms with Crippen molar-refractivity contribution in [2.75, 3.05) is 11.5 Å². The number of hydrogen-bond acceptors (Lipinski definition) is 3. The van der Waals surface area contributed by atoms with E-state index in [1.54, 1.807) is 0 Å². The van der Waals surface area contributed by atoms with E-state index < -0.39 is 0 Å². The summed E-state index contributed by atoms with van der Waals surface area (Å²) in [4.78, 5) is 0. The zero-order valence-corrected chi connectivity index (χ0v) is 38.1. The van der Waals surface area contributed by atoms with E-state index in [1.165, 1.54) is 92.5 Å². The lowest BCUT2D eigenvalue weighted by molar-refractivity contribution is 1.14. The third-order valence-corrected chi connectivity index (χ3v) is 14.3. The number of aryl methyl sites for hydroxylation is 1. The molecule has 4 N–H and O–H groups in total. The van der Waals surface area contributed by atoms with Crippen molar-refractivity contribution < 1.29 is 0 Å². The standard InChI is InChI=1S/C38H28S.C26H20N2/c1-2-26-11-9-16-29(21-26)30-17-10-18-32(22-30)34-24-33(28-14-7-4-8-15-28)25-36-35-23-31(27-12-5-3-6-13-27)19-20-37(35)39-38(34)36;27-25-21-13-11-19(17-7-3-1-4-8-17)15-23(21)24-16-20(12-14-22(24)26(25)28)18-9-5-2-6-10-18/h3-25H,2H2,1H3;1-16H,27-28H2. The monoisotopic (exact) mass is 876 g/mol. The minimum absolute atomic E-state index is 0.648. The van der Waals surface area contributed by atoms with Crippen molar-refractivity contribution in [2.24, 2.45) is 0 Å². The molecule has 0 saturated carbocycles. The highest BCUT2D eigenvalue weighted by atomic mass is 32.1. The number of nitrogens with two attached hydrogens (primary N) is 2. The van der Waals surface area contributed by atoms with Crippen LogP contribution in [0, 0.1) is 0 Å². The molecular weight excluding hydrogens is 829 g/mol. The zero-order valence-electron chi connectivity index (χ0n) is 37.3. The molecule has 67 heavy (non-hydrogen) atoms. The molecular formula is C64H48N2S. The van der Waals surface area contributed by atoms with Crippen LogP contribution in [-0.2, 0) is 6.42 Å². The second-order valence-corrected chi connectivity index (χ2v) is 18.2. The van der Waals surface area contributed by atoms with Crippen LogP contribution in [0.15, 0.2) is 237 Å². The lowest BCUT2D eigenvalue weighted by Crippen LogP contribution is -1.98. The summed E-state index contributed by atoms with van der Waals surface area (Å²) in [6.45, 7) is 2.21. The summed E-state index contributed by atoms with van der Waals surface area (Å²) in [6.07, 6.45) is 1.04. The molecule has 0 unspecified atom stereocenters. The van der Waals surface area contributed by atoms with Gasteiger partial charge in [-0.2, -0.15) is 0 Å². The van der Waals surface area contributed by atoms with Gasteiger partial charge in [0.2, 0.25) is 0 Å². The Morgan fingerprint density at radius 2 is 0.701 bits per heavy atom. The fourth-order valence-electron chi connectivity index (χ4n) is 9.45. The SMILES string of the molecule is CCc1cccc(-c2cccc(-c3cc(-c4ccccc4)cc4c3sc3ccc(-c5ccccc5)cc34)c2)c1.Nc1c(N)c2ccc(-c3ccccc3)cc2c2cc(-c3ccccc3)ccc12. The van der Waals surface area contributed by atoms with Gasteiger partial charge in [0.25, 0.3) is 0 Å². The number of nitrogen functional groups attached to an aromatic ring is 2. The van der Waals surface area contributed by atoms with Gasteiger partial charge in [-0.25, -0.2) is 0 Å². The van der Waals surface area contributed by atoms with E-state index in [1.807, 2.05) is 23.5 Å². The van der Waals surface area contributed by atoms with Crippen LogP contribution >= 0.6 is 11.3 Å². The van der Waals surface area contributed by atoms with E-state index in [4.69, 9.17) is 11.5 Å². The van der Waals surface area contributed by atoms with Crippen LogP contribution in [0.3, 0.4) is 0 Å². The Bertz CT molecular complexity index is 3620. The Morgan fingerprint density at radius 3 is 1.22 bits per heavy atom. The van der Waals surface area contributed by atoms with Crippen molar-refractivity contribution in [1.82, 2.24) is 0 Å². The Hall–Kier alpha value is -8.24. The van der Waals surface area contributed by atoms with Crippen LogP contribution < -0.4 is 11.5 Å². The Morgan fingerprint density at radius 1 is 0.299 bits per heavy atom. The van der Waals surface area contributed by atoms with E-state index in [0.29, 0.717) is 11.4 Å². The third kappa shape index (κ3) is 8.12. The molecule has 0 atom stereocenters. The molecule has 320 valence electrons. The van der Waals surface area contributed by atoms with Crippen LogP contribution in [0.5, 0.6) is 0 Å². The van der Waals surface area contributed by atoms with Crippen LogP contribution in [0.1, 0.15) is 12.5 Å². The second-order valence-electron chi connectivity index (χ2n) is 17.2. The Labute approximate surface area is 396 Å². The van der Waals surface area contributed by atoms with Gasteiger partial charge in [0, 0.05) is 36.5 Å². The van der Waals surface area contributed by atoms with E-state index in [9.17, 15) is 0 Å². The van der Waals surface area contributed by atoms with Gasteiger partial charge in [-0.05, 0) is 126 Å². The highest BCUT2D eigenvalue weighted by Gasteiger charge is 2.16. The average molecular weight is 877 g/mol. The highest BCUT2D eigenvalue weighted by Crippen LogP contribution is 2.45. The molecule has 0 amide bonds. The van der Waals surface area contributed by atoms with Crippen LogP contribution in [0.4, 0.5) is 11.4 Å². The molecule has 0 radical (unpaired) electrons. The molecule has 2 nitrogen and oxygen atoms in total. The van der Waals surface area contributed by atoms with E-state index in [-0.39, 0.29) is 0 Å². The summed E-state index contributed by atoms with van der Waals surface area (Å²) < 4.78 is 2.66. The number of thiophene rings is 1. The van der Waals surface area contributed by atoms with Gasteiger partial charge in [0.1, 0.15) is 0 Å². The van der Waals surface area contributed by atoms with Gasteiger partial charge >= 0.3 is 0 Å². The first kappa shape index (κ1) is 41.5. The van der Waals surface area contributed by atoms with Crippen LogP contribution in [0.25, 0.3) is 108 Å². The molecule has 0 saturated heterocycles. The largest absolute Gasteiger partial charge is 0.397 e. The lowest BCUT2D eigenvalue weighted by atomic mass is 9.93. The minimum atomic E-state index is 0.648. The number of anilines is 2. The summed E-state index contributed by atoms with van der Waals surface area (Å²) >= 11 is 1.90. The summed E-state index contributed by atoms with van der Waals surface area (Å²) in [5, 5.41) is 6.89. The molecule has 12 aromatic rings. The first-order valence-corrected chi connectivity index (χ1v) is 23.8. The summed E-state index contributed by atoms with van der Waals surface area (Å²) in [5.74, 6) is 0. The summed E-state index contributed by atoms with van der Waals surface area (Å²) in [7, 11) is 0. The van der Waals surface area contributed by atoms with Gasteiger partial charge < -0.3 is 11.5 Å². The van der Waals surface area contributed by atoms with E-state index in [0.717, 1.165) is 28.0 Å². The van der Waals surface area contributed by atoms with Crippen molar-refractivity contribution in [2.45, 2.75) is 13.3 Å². The summed E-state index contributed by atoms with van der Waals surface area (Å²) in [5.41, 5.74) is 30.3. The van der Waals surface area contributed by atoms with E-state index >= 15 is 0 Å². The van der Waals surface area contributed by atoms with Gasteiger partial charge in [-0.15, -0.1) is 11.3 Å². The minimum Gasteiger partial charge on any atom is -0.397 e. The van der Waals surface area contributed by atoms with Crippen molar-refractivity contribution >= 4 is 64.4 Å². The Balaban J connectivity index is 0.000000156. The maximum Gasteiger partial charge on any atom is 0.0634 e. The molecule has 3 heteroatoms.